The predicted octanol–water partition coefficient (Wildman–Crippen LogP) is 2.99. The van der Waals surface area contributed by atoms with Crippen molar-refractivity contribution in [3.63, 3.8) is 0 Å². The van der Waals surface area contributed by atoms with Crippen molar-refractivity contribution in [1.29, 1.82) is 0 Å². The molecule has 0 aliphatic carbocycles. The van der Waals surface area contributed by atoms with E-state index in [4.69, 9.17) is 4.74 Å². The maximum Gasteiger partial charge on any atom is 0.131 e. The van der Waals surface area contributed by atoms with Gasteiger partial charge in [0.1, 0.15) is 11.6 Å². The van der Waals surface area contributed by atoms with Gasteiger partial charge in [0.05, 0.1) is 7.11 Å². The van der Waals surface area contributed by atoms with Crippen LogP contribution in [0.5, 0.6) is 5.75 Å². The maximum atomic E-state index is 14.0. The monoisotopic (exact) mass is 255 g/mol. The lowest BCUT2D eigenvalue weighted by atomic mass is 10.0. The predicted molar refractivity (Wildman–Crippen MR) is 70.2 cm³/mol. The largest absolute Gasteiger partial charge is 0.497 e. The minimum atomic E-state index is -0.184. The Balaban J connectivity index is 2.23. The highest BCUT2D eigenvalue weighted by atomic mass is 32.2. The first-order valence-electron chi connectivity index (χ1n) is 5.88. The summed E-state index contributed by atoms with van der Waals surface area (Å²) < 4.78 is 19.0. The van der Waals surface area contributed by atoms with Gasteiger partial charge in [-0.15, -0.1) is 0 Å². The van der Waals surface area contributed by atoms with Crippen molar-refractivity contribution >= 4 is 11.8 Å². The average Bonchev–Trinajstić information content (AvgIpc) is 2.85. The second kappa shape index (κ2) is 5.74. The van der Waals surface area contributed by atoms with E-state index >= 15 is 0 Å². The number of thioether (sulfide) groups is 1. The van der Waals surface area contributed by atoms with Crippen molar-refractivity contribution < 1.29 is 9.13 Å². The molecule has 0 spiro atoms. The number of hydrogen-bond donors (Lipinski definition) is 1. The summed E-state index contributed by atoms with van der Waals surface area (Å²) in [6.07, 6.45) is 2.38. The van der Waals surface area contributed by atoms with Crippen LogP contribution in [0.4, 0.5) is 4.39 Å². The van der Waals surface area contributed by atoms with Crippen LogP contribution in [0.2, 0.25) is 0 Å². The molecule has 94 valence electrons. The molecule has 1 aliphatic heterocycles. The third kappa shape index (κ3) is 2.75. The van der Waals surface area contributed by atoms with Crippen molar-refractivity contribution in [3.05, 3.63) is 29.6 Å². The highest BCUT2D eigenvalue weighted by Gasteiger charge is 2.27. The molecule has 17 heavy (non-hydrogen) atoms. The Morgan fingerprint density at radius 3 is 2.88 bits per heavy atom. The Labute approximate surface area is 106 Å². The summed E-state index contributed by atoms with van der Waals surface area (Å²) in [6.45, 7) is 0. The molecule has 0 amide bonds. The van der Waals surface area contributed by atoms with Crippen molar-refractivity contribution in [2.75, 3.05) is 19.9 Å². The lowest BCUT2D eigenvalue weighted by Crippen LogP contribution is -2.26. The zero-order valence-corrected chi connectivity index (χ0v) is 11.0. The molecule has 1 fully saturated rings. The quantitative estimate of drug-likeness (QED) is 0.893. The summed E-state index contributed by atoms with van der Waals surface area (Å²) in [5.74, 6) is 1.57. The van der Waals surface area contributed by atoms with E-state index in [0.29, 0.717) is 11.0 Å². The zero-order valence-electron chi connectivity index (χ0n) is 10.2. The van der Waals surface area contributed by atoms with Crippen molar-refractivity contribution in [3.8, 4) is 5.75 Å². The highest BCUT2D eigenvalue weighted by molar-refractivity contribution is 8.00. The standard InChI is InChI=1S/C13H18FNOS/c1-15-13(12-4-3-7-17-12)10-6-5-9(16-2)8-11(10)14/h5-6,8,12-13,15H,3-4,7H2,1-2H3. The minimum absolute atomic E-state index is 0.0911. The van der Waals surface area contributed by atoms with E-state index < -0.39 is 0 Å². The fourth-order valence-corrected chi connectivity index (χ4v) is 3.74. The van der Waals surface area contributed by atoms with Crippen LogP contribution in [0, 0.1) is 5.82 Å². The van der Waals surface area contributed by atoms with Gasteiger partial charge in [0.2, 0.25) is 0 Å². The number of rotatable bonds is 4. The first kappa shape index (κ1) is 12.7. The normalized spacial score (nSPS) is 21.5. The van der Waals surface area contributed by atoms with Gasteiger partial charge in [-0.3, -0.25) is 0 Å². The zero-order chi connectivity index (χ0) is 12.3. The molecule has 2 rings (SSSR count). The Morgan fingerprint density at radius 2 is 2.35 bits per heavy atom. The fourth-order valence-electron chi connectivity index (χ4n) is 2.29. The lowest BCUT2D eigenvalue weighted by Gasteiger charge is -2.23. The number of hydrogen-bond acceptors (Lipinski definition) is 3. The third-order valence-corrected chi connectivity index (χ3v) is 4.65. The summed E-state index contributed by atoms with van der Waals surface area (Å²) >= 11 is 1.93. The summed E-state index contributed by atoms with van der Waals surface area (Å²) in [7, 11) is 3.45. The van der Waals surface area contributed by atoms with Gasteiger partial charge < -0.3 is 10.1 Å². The van der Waals surface area contributed by atoms with E-state index in [1.165, 1.54) is 18.2 Å². The average molecular weight is 255 g/mol. The molecule has 0 saturated carbocycles. The van der Waals surface area contributed by atoms with E-state index in [9.17, 15) is 4.39 Å². The van der Waals surface area contributed by atoms with Crippen LogP contribution in [0.15, 0.2) is 18.2 Å². The molecule has 1 N–H and O–H groups in total. The van der Waals surface area contributed by atoms with Crippen molar-refractivity contribution in [2.24, 2.45) is 0 Å². The van der Waals surface area contributed by atoms with E-state index in [2.05, 4.69) is 5.32 Å². The summed E-state index contributed by atoms with van der Waals surface area (Å²) in [5.41, 5.74) is 0.743. The molecular formula is C13H18FNOS. The molecule has 0 bridgehead atoms. The van der Waals surface area contributed by atoms with Gasteiger partial charge in [0.25, 0.3) is 0 Å². The van der Waals surface area contributed by atoms with Crippen LogP contribution >= 0.6 is 11.8 Å². The molecule has 1 aliphatic rings. The Morgan fingerprint density at radius 1 is 1.53 bits per heavy atom. The fraction of sp³-hybridized carbons (Fsp3) is 0.538. The van der Waals surface area contributed by atoms with Gasteiger partial charge in [-0.2, -0.15) is 11.8 Å². The second-order valence-electron chi connectivity index (χ2n) is 4.21. The molecule has 1 saturated heterocycles. The van der Waals surface area contributed by atoms with Crippen molar-refractivity contribution in [1.82, 2.24) is 5.32 Å². The van der Waals surface area contributed by atoms with Gasteiger partial charge in [0, 0.05) is 22.9 Å². The van der Waals surface area contributed by atoms with Gasteiger partial charge in [0.15, 0.2) is 0 Å². The number of ether oxygens (including phenoxy) is 1. The van der Waals surface area contributed by atoms with Crippen molar-refractivity contribution in [2.45, 2.75) is 24.1 Å². The number of methoxy groups -OCH3 is 1. The van der Waals surface area contributed by atoms with Crippen LogP contribution in [-0.4, -0.2) is 25.2 Å². The first-order valence-corrected chi connectivity index (χ1v) is 6.93. The van der Waals surface area contributed by atoms with E-state index in [1.807, 2.05) is 30.9 Å². The molecule has 1 aromatic carbocycles. The van der Waals surface area contributed by atoms with Gasteiger partial charge in [-0.1, -0.05) is 6.07 Å². The van der Waals surface area contributed by atoms with Crippen LogP contribution in [-0.2, 0) is 0 Å². The second-order valence-corrected chi connectivity index (χ2v) is 5.55. The van der Waals surface area contributed by atoms with Gasteiger partial charge in [-0.25, -0.2) is 4.39 Å². The van der Waals surface area contributed by atoms with E-state index in [-0.39, 0.29) is 11.9 Å². The Bertz CT molecular complexity index is 380. The van der Waals surface area contributed by atoms with E-state index in [1.54, 1.807) is 7.11 Å². The molecule has 0 radical (unpaired) electrons. The first-order chi connectivity index (χ1) is 8.26. The topological polar surface area (TPSA) is 21.3 Å². The summed E-state index contributed by atoms with van der Waals surface area (Å²) in [5, 5.41) is 3.71. The Kier molecular flexibility index (Phi) is 4.29. The lowest BCUT2D eigenvalue weighted by molar-refractivity contribution is 0.409. The van der Waals surface area contributed by atoms with Crippen LogP contribution < -0.4 is 10.1 Å². The Hall–Kier alpha value is -0.740. The molecule has 4 heteroatoms. The molecule has 2 unspecified atom stereocenters. The van der Waals surface area contributed by atoms with Gasteiger partial charge >= 0.3 is 0 Å². The molecule has 1 heterocycles. The molecule has 0 aromatic heterocycles. The molecule has 1 aromatic rings. The van der Waals surface area contributed by atoms with Crippen LogP contribution in [0.25, 0.3) is 0 Å². The number of benzene rings is 1. The minimum Gasteiger partial charge on any atom is -0.497 e. The molecular weight excluding hydrogens is 237 g/mol. The maximum absolute atomic E-state index is 14.0. The molecule has 2 atom stereocenters. The molecule has 2 nitrogen and oxygen atoms in total. The smallest absolute Gasteiger partial charge is 0.131 e. The summed E-state index contributed by atoms with van der Waals surface area (Å²) in [6, 6.07) is 5.20. The number of halogens is 1. The third-order valence-electron chi connectivity index (χ3n) is 3.19. The van der Waals surface area contributed by atoms with Gasteiger partial charge in [-0.05, 0) is 31.7 Å². The number of nitrogens with one attached hydrogen (secondary N) is 1. The summed E-state index contributed by atoms with van der Waals surface area (Å²) in [4.78, 5) is 0. The highest BCUT2D eigenvalue weighted by Crippen LogP contribution is 2.37. The SMILES string of the molecule is CNC(c1ccc(OC)cc1F)C1CCCS1. The van der Waals surface area contributed by atoms with E-state index in [0.717, 1.165) is 12.0 Å². The van der Waals surface area contributed by atoms with Crippen LogP contribution in [0.3, 0.4) is 0 Å². The van der Waals surface area contributed by atoms with Crippen LogP contribution in [0.1, 0.15) is 24.4 Å².